The highest BCUT2D eigenvalue weighted by atomic mass is 32.1. The molecule has 134 valence electrons. The summed E-state index contributed by atoms with van der Waals surface area (Å²) in [4.78, 5) is 26.1. The first-order valence-corrected chi connectivity index (χ1v) is 8.72. The van der Waals surface area contributed by atoms with E-state index in [-0.39, 0.29) is 28.2 Å². The standard InChI is InChI=1S/C16H26N4O3S/c1-4-6-7-8-9-13(21)19-17-10-12-14(22)18-16(24)20(15(12)23)11(3)5-2/h10-11,23H,4-9H2,1-3H3,(H,19,21)(H,18,22,24)/t11-/m0/s1. The molecule has 0 aliphatic heterocycles. The molecule has 1 aromatic heterocycles. The van der Waals surface area contributed by atoms with Crippen molar-refractivity contribution in [3.05, 3.63) is 20.7 Å². The summed E-state index contributed by atoms with van der Waals surface area (Å²) < 4.78 is 1.62. The Bertz CT molecular complexity index is 694. The largest absolute Gasteiger partial charge is 0.494 e. The van der Waals surface area contributed by atoms with Gasteiger partial charge in [0.2, 0.25) is 11.8 Å². The van der Waals surface area contributed by atoms with E-state index >= 15 is 0 Å². The van der Waals surface area contributed by atoms with Gasteiger partial charge in [-0.1, -0.05) is 33.1 Å². The van der Waals surface area contributed by atoms with E-state index in [1.807, 2.05) is 13.8 Å². The number of carbonyl (C=O) groups is 1. The van der Waals surface area contributed by atoms with Crippen molar-refractivity contribution in [1.82, 2.24) is 15.0 Å². The van der Waals surface area contributed by atoms with Crippen LogP contribution in [-0.4, -0.2) is 26.8 Å². The molecule has 0 aliphatic carbocycles. The van der Waals surface area contributed by atoms with E-state index in [0.29, 0.717) is 6.42 Å². The zero-order chi connectivity index (χ0) is 18.1. The van der Waals surface area contributed by atoms with Gasteiger partial charge in [-0.2, -0.15) is 5.10 Å². The SMILES string of the molecule is CCCCCCC(=O)NN=Cc1c(O)n([C@@H](C)CC)c(=S)[nH]c1=O. The predicted molar refractivity (Wildman–Crippen MR) is 97.0 cm³/mol. The lowest BCUT2D eigenvalue weighted by Gasteiger charge is -2.16. The van der Waals surface area contributed by atoms with E-state index in [0.717, 1.165) is 38.3 Å². The van der Waals surface area contributed by atoms with Crippen LogP contribution in [0.25, 0.3) is 0 Å². The molecule has 0 unspecified atom stereocenters. The van der Waals surface area contributed by atoms with Gasteiger partial charge >= 0.3 is 0 Å². The fourth-order valence-electron chi connectivity index (χ4n) is 2.20. The molecule has 3 N–H and O–H groups in total. The number of nitrogens with one attached hydrogen (secondary N) is 2. The maximum absolute atomic E-state index is 11.9. The molecule has 7 nitrogen and oxygen atoms in total. The number of amides is 1. The molecule has 0 fully saturated rings. The van der Waals surface area contributed by atoms with Gasteiger partial charge in [0.05, 0.1) is 6.21 Å². The zero-order valence-electron chi connectivity index (χ0n) is 14.5. The molecule has 0 spiro atoms. The average Bonchev–Trinajstić information content (AvgIpc) is 2.54. The Morgan fingerprint density at radius 1 is 1.42 bits per heavy atom. The summed E-state index contributed by atoms with van der Waals surface area (Å²) in [6, 6.07) is -0.0744. The number of H-pyrrole nitrogens is 1. The summed E-state index contributed by atoms with van der Waals surface area (Å²) in [6.45, 7) is 5.94. The minimum absolute atomic E-state index is 0.0322. The van der Waals surface area contributed by atoms with Gasteiger partial charge in [-0.05, 0) is 32.0 Å². The highest BCUT2D eigenvalue weighted by Gasteiger charge is 2.14. The number of unbranched alkanes of at least 4 members (excludes halogenated alkanes) is 3. The normalized spacial score (nSPS) is 12.5. The van der Waals surface area contributed by atoms with Gasteiger partial charge in [0, 0.05) is 12.5 Å². The van der Waals surface area contributed by atoms with Gasteiger partial charge < -0.3 is 5.11 Å². The lowest BCUT2D eigenvalue weighted by molar-refractivity contribution is -0.121. The summed E-state index contributed by atoms with van der Waals surface area (Å²) in [5.74, 6) is -0.466. The molecule has 1 rings (SSSR count). The van der Waals surface area contributed by atoms with Crippen molar-refractivity contribution in [2.75, 3.05) is 0 Å². The Kier molecular flexibility index (Phi) is 8.39. The first-order valence-electron chi connectivity index (χ1n) is 8.32. The summed E-state index contributed by atoms with van der Waals surface area (Å²) in [6.07, 6.45) is 6.28. The van der Waals surface area contributed by atoms with E-state index in [1.54, 1.807) is 0 Å². The highest BCUT2D eigenvalue weighted by Crippen LogP contribution is 2.19. The van der Waals surface area contributed by atoms with Crippen LogP contribution >= 0.6 is 12.2 Å². The minimum atomic E-state index is -0.544. The Hall–Kier alpha value is -1.96. The third-order valence-corrected chi connectivity index (χ3v) is 4.12. The van der Waals surface area contributed by atoms with Crippen LogP contribution in [0.4, 0.5) is 0 Å². The quantitative estimate of drug-likeness (QED) is 0.275. The molecule has 1 amide bonds. The number of aromatic amines is 1. The summed E-state index contributed by atoms with van der Waals surface area (Å²) in [5.41, 5.74) is 1.80. The first kappa shape index (κ1) is 20.1. The third kappa shape index (κ3) is 5.59. The maximum Gasteiger partial charge on any atom is 0.264 e. The van der Waals surface area contributed by atoms with Crippen LogP contribution in [0.1, 0.15) is 70.9 Å². The van der Waals surface area contributed by atoms with Crippen LogP contribution in [0, 0.1) is 4.77 Å². The second kappa shape index (κ2) is 10.0. The molecular formula is C16H26N4O3S. The van der Waals surface area contributed by atoms with Crippen molar-refractivity contribution in [3.63, 3.8) is 0 Å². The predicted octanol–water partition coefficient (Wildman–Crippen LogP) is 3.00. The number of nitrogens with zero attached hydrogens (tertiary/aromatic N) is 2. The number of rotatable bonds is 9. The average molecular weight is 354 g/mol. The fourth-order valence-corrected chi connectivity index (χ4v) is 2.56. The molecule has 0 radical (unpaired) electrons. The van der Waals surface area contributed by atoms with Gasteiger partial charge in [0.25, 0.3) is 5.56 Å². The van der Waals surface area contributed by atoms with Crippen molar-refractivity contribution in [3.8, 4) is 5.88 Å². The van der Waals surface area contributed by atoms with E-state index in [9.17, 15) is 14.7 Å². The molecule has 0 aliphatic rings. The van der Waals surface area contributed by atoms with Crippen molar-refractivity contribution < 1.29 is 9.90 Å². The van der Waals surface area contributed by atoms with Gasteiger partial charge in [-0.25, -0.2) is 5.43 Å². The van der Waals surface area contributed by atoms with Gasteiger partial charge in [-0.15, -0.1) is 0 Å². The van der Waals surface area contributed by atoms with Crippen LogP contribution in [0.3, 0.4) is 0 Å². The molecule has 0 bridgehead atoms. The smallest absolute Gasteiger partial charge is 0.264 e. The Balaban J connectivity index is 2.82. The van der Waals surface area contributed by atoms with Crippen LogP contribution in [0.5, 0.6) is 5.88 Å². The molecular weight excluding hydrogens is 328 g/mol. The van der Waals surface area contributed by atoms with E-state index in [2.05, 4.69) is 22.4 Å². The molecule has 8 heteroatoms. The van der Waals surface area contributed by atoms with E-state index in [4.69, 9.17) is 12.2 Å². The second-order valence-corrected chi connectivity index (χ2v) is 6.11. The summed E-state index contributed by atoms with van der Waals surface area (Å²) >= 11 is 5.09. The molecule has 24 heavy (non-hydrogen) atoms. The number of hydrazone groups is 1. The van der Waals surface area contributed by atoms with Crippen molar-refractivity contribution in [2.24, 2.45) is 5.10 Å². The van der Waals surface area contributed by atoms with E-state index < -0.39 is 5.56 Å². The molecule has 0 saturated carbocycles. The first-order chi connectivity index (χ1) is 11.4. The van der Waals surface area contributed by atoms with Gasteiger partial charge in [0.1, 0.15) is 5.56 Å². The molecule has 0 saturated heterocycles. The van der Waals surface area contributed by atoms with E-state index in [1.165, 1.54) is 4.57 Å². The maximum atomic E-state index is 11.9. The van der Waals surface area contributed by atoms with Crippen LogP contribution in [-0.2, 0) is 4.79 Å². The van der Waals surface area contributed by atoms with Crippen LogP contribution in [0.15, 0.2) is 9.90 Å². The summed E-state index contributed by atoms with van der Waals surface area (Å²) in [7, 11) is 0. The Morgan fingerprint density at radius 2 is 2.12 bits per heavy atom. The lowest BCUT2D eigenvalue weighted by atomic mass is 10.1. The number of hydrogen-bond acceptors (Lipinski definition) is 5. The second-order valence-electron chi connectivity index (χ2n) is 5.73. The number of aromatic nitrogens is 2. The van der Waals surface area contributed by atoms with Crippen molar-refractivity contribution in [2.45, 2.75) is 65.3 Å². The highest BCUT2D eigenvalue weighted by molar-refractivity contribution is 7.71. The molecule has 1 aromatic rings. The lowest BCUT2D eigenvalue weighted by Crippen LogP contribution is -2.22. The topological polar surface area (TPSA) is 99.5 Å². The third-order valence-electron chi connectivity index (χ3n) is 3.82. The fraction of sp³-hybridized carbons (Fsp3) is 0.625. The minimum Gasteiger partial charge on any atom is -0.494 e. The van der Waals surface area contributed by atoms with Gasteiger partial charge in [-0.3, -0.25) is 19.1 Å². The molecule has 0 aromatic carbocycles. The monoisotopic (exact) mass is 354 g/mol. The molecule has 1 heterocycles. The van der Waals surface area contributed by atoms with Crippen LogP contribution in [0.2, 0.25) is 0 Å². The number of carbonyl (C=O) groups excluding carboxylic acids is 1. The van der Waals surface area contributed by atoms with Crippen molar-refractivity contribution >= 4 is 24.3 Å². The van der Waals surface area contributed by atoms with Crippen LogP contribution < -0.4 is 11.0 Å². The number of hydrogen-bond donors (Lipinski definition) is 3. The van der Waals surface area contributed by atoms with Gasteiger partial charge in [0.15, 0.2) is 4.77 Å². The Labute approximate surface area is 146 Å². The summed E-state index contributed by atoms with van der Waals surface area (Å²) in [5, 5.41) is 14.1. The number of aromatic hydroxyl groups is 1. The van der Waals surface area contributed by atoms with Crippen molar-refractivity contribution in [1.29, 1.82) is 0 Å². The Morgan fingerprint density at radius 3 is 2.75 bits per heavy atom. The molecule has 1 atom stereocenters. The zero-order valence-corrected chi connectivity index (χ0v) is 15.3.